The zero-order chi connectivity index (χ0) is 18.8. The lowest BCUT2D eigenvalue weighted by Gasteiger charge is -2.13. The number of anilines is 1. The van der Waals surface area contributed by atoms with Crippen molar-refractivity contribution in [3.8, 4) is 5.75 Å². The normalized spacial score (nSPS) is 12.0. The third-order valence-corrected chi connectivity index (χ3v) is 5.22. The lowest BCUT2D eigenvalue weighted by atomic mass is 9.98. The van der Waals surface area contributed by atoms with Crippen LogP contribution in [0.4, 0.5) is 5.13 Å². The maximum atomic E-state index is 12.5. The van der Waals surface area contributed by atoms with Gasteiger partial charge in [0, 0.05) is 5.56 Å². The summed E-state index contributed by atoms with van der Waals surface area (Å²) in [4.78, 5) is 16.8. The smallest absolute Gasteiger partial charge is 0.257 e. The molecule has 6 heteroatoms. The Labute approximate surface area is 160 Å². The molecule has 0 aliphatic rings. The first-order valence-electron chi connectivity index (χ1n) is 8.41. The van der Waals surface area contributed by atoms with Crippen molar-refractivity contribution in [3.05, 3.63) is 89.5 Å². The van der Waals surface area contributed by atoms with Gasteiger partial charge < -0.3 is 10.8 Å². The fraction of sp³-hybridized carbons (Fsp3) is 0.0476. The number of hydrogen-bond acceptors (Lipinski definition) is 5. The molecule has 0 radical (unpaired) electrons. The lowest BCUT2D eigenvalue weighted by molar-refractivity contribution is 0.102. The highest BCUT2D eigenvalue weighted by molar-refractivity contribution is 7.22. The van der Waals surface area contributed by atoms with Crippen LogP contribution >= 0.6 is 11.3 Å². The first kappa shape index (κ1) is 17.2. The minimum atomic E-state index is -0.238. The third-order valence-electron chi connectivity index (χ3n) is 4.28. The van der Waals surface area contributed by atoms with Crippen LogP contribution in [0.2, 0.25) is 0 Å². The Kier molecular flexibility index (Phi) is 4.58. The van der Waals surface area contributed by atoms with E-state index in [1.807, 2.05) is 42.5 Å². The summed E-state index contributed by atoms with van der Waals surface area (Å²) in [5, 5.41) is 12.8. The van der Waals surface area contributed by atoms with Gasteiger partial charge in [0.1, 0.15) is 5.75 Å². The van der Waals surface area contributed by atoms with Crippen LogP contribution in [0.5, 0.6) is 5.75 Å². The van der Waals surface area contributed by atoms with Crippen molar-refractivity contribution in [2.75, 3.05) is 5.32 Å². The van der Waals surface area contributed by atoms with E-state index in [2.05, 4.69) is 10.3 Å². The topological polar surface area (TPSA) is 88.2 Å². The molecule has 3 aromatic carbocycles. The summed E-state index contributed by atoms with van der Waals surface area (Å²) in [5.41, 5.74) is 9.51. The van der Waals surface area contributed by atoms with Gasteiger partial charge in [0.25, 0.3) is 5.91 Å². The van der Waals surface area contributed by atoms with Crippen molar-refractivity contribution in [2.45, 2.75) is 6.04 Å². The van der Waals surface area contributed by atoms with Gasteiger partial charge in [-0.2, -0.15) is 0 Å². The van der Waals surface area contributed by atoms with E-state index < -0.39 is 0 Å². The number of fused-ring (bicyclic) bond motifs is 1. The van der Waals surface area contributed by atoms with Gasteiger partial charge >= 0.3 is 0 Å². The van der Waals surface area contributed by atoms with Crippen LogP contribution in [0.1, 0.15) is 27.5 Å². The lowest BCUT2D eigenvalue weighted by Crippen LogP contribution is -2.14. The molecule has 0 aliphatic heterocycles. The molecule has 134 valence electrons. The van der Waals surface area contributed by atoms with Crippen LogP contribution < -0.4 is 11.1 Å². The van der Waals surface area contributed by atoms with E-state index in [9.17, 15) is 9.90 Å². The van der Waals surface area contributed by atoms with E-state index in [-0.39, 0.29) is 17.7 Å². The molecule has 4 rings (SSSR count). The van der Waals surface area contributed by atoms with Gasteiger partial charge in [-0.3, -0.25) is 10.1 Å². The Morgan fingerprint density at radius 1 is 1.00 bits per heavy atom. The Hall–Kier alpha value is -3.22. The number of carbonyl (C=O) groups excluding carboxylic acids is 1. The van der Waals surface area contributed by atoms with Gasteiger partial charge in [-0.25, -0.2) is 4.98 Å². The Morgan fingerprint density at radius 2 is 1.70 bits per heavy atom. The molecule has 0 unspecified atom stereocenters. The summed E-state index contributed by atoms with van der Waals surface area (Å²) in [7, 11) is 0. The Morgan fingerprint density at radius 3 is 2.44 bits per heavy atom. The molecule has 1 atom stereocenters. The zero-order valence-corrected chi connectivity index (χ0v) is 15.1. The second kappa shape index (κ2) is 7.19. The molecule has 4 N–H and O–H groups in total. The minimum absolute atomic E-state index is 0.175. The van der Waals surface area contributed by atoms with E-state index in [0.717, 1.165) is 21.3 Å². The predicted molar refractivity (Wildman–Crippen MR) is 108 cm³/mol. The molecule has 5 nitrogen and oxygen atoms in total. The van der Waals surface area contributed by atoms with Crippen molar-refractivity contribution in [3.63, 3.8) is 0 Å². The fourth-order valence-electron chi connectivity index (χ4n) is 2.83. The van der Waals surface area contributed by atoms with Crippen LogP contribution in [0.25, 0.3) is 10.2 Å². The minimum Gasteiger partial charge on any atom is -0.508 e. The van der Waals surface area contributed by atoms with Crippen molar-refractivity contribution >= 4 is 32.6 Å². The number of nitrogens with two attached hydrogens (primary N) is 1. The molecule has 0 aliphatic carbocycles. The molecular formula is C21H17N3O2S. The molecule has 0 fully saturated rings. The molecular weight excluding hydrogens is 358 g/mol. The van der Waals surface area contributed by atoms with E-state index in [1.165, 1.54) is 11.3 Å². The Balaban J connectivity index is 1.50. The van der Waals surface area contributed by atoms with Crippen molar-refractivity contribution in [1.82, 2.24) is 4.98 Å². The monoisotopic (exact) mass is 375 g/mol. The molecule has 4 aromatic rings. The van der Waals surface area contributed by atoms with Gasteiger partial charge in [0.05, 0.1) is 16.3 Å². The summed E-state index contributed by atoms with van der Waals surface area (Å²) in [5.74, 6) is -0.0625. The largest absolute Gasteiger partial charge is 0.508 e. The maximum Gasteiger partial charge on any atom is 0.257 e. The zero-order valence-electron chi connectivity index (χ0n) is 14.3. The molecule has 1 heterocycles. The second-order valence-corrected chi connectivity index (χ2v) is 7.17. The van der Waals surface area contributed by atoms with E-state index >= 15 is 0 Å². The van der Waals surface area contributed by atoms with E-state index in [4.69, 9.17) is 5.73 Å². The molecule has 0 saturated carbocycles. The summed E-state index contributed by atoms with van der Waals surface area (Å²) >= 11 is 1.32. The fourth-order valence-corrected chi connectivity index (χ4v) is 3.72. The summed E-state index contributed by atoms with van der Waals surface area (Å²) in [6, 6.07) is 21.7. The molecule has 1 aromatic heterocycles. The number of hydrogen-bond donors (Lipinski definition) is 3. The highest BCUT2D eigenvalue weighted by atomic mass is 32.1. The number of nitrogens with zero attached hydrogens (tertiary/aromatic N) is 1. The van der Waals surface area contributed by atoms with Crippen molar-refractivity contribution in [2.24, 2.45) is 5.73 Å². The standard InChI is InChI=1S/C21H17N3O2S/c22-19(13-4-2-1-3-5-13)14-6-8-15(9-7-14)20(26)24-21-23-17-11-10-16(25)12-18(17)27-21/h1-12,19,25H,22H2,(H,23,24,26)/t19-/m1/s1. The first-order chi connectivity index (χ1) is 13.1. The average molecular weight is 375 g/mol. The average Bonchev–Trinajstić information content (AvgIpc) is 3.09. The second-order valence-electron chi connectivity index (χ2n) is 6.14. The summed E-state index contributed by atoms with van der Waals surface area (Å²) in [6.07, 6.45) is 0. The van der Waals surface area contributed by atoms with E-state index in [1.54, 1.807) is 30.3 Å². The maximum absolute atomic E-state index is 12.5. The van der Waals surface area contributed by atoms with Gasteiger partial charge in [0.15, 0.2) is 5.13 Å². The number of aromatic hydroxyl groups is 1. The quantitative estimate of drug-likeness (QED) is 0.496. The predicted octanol–water partition coefficient (Wildman–Crippen LogP) is 4.30. The van der Waals surface area contributed by atoms with E-state index in [0.29, 0.717) is 10.7 Å². The number of rotatable bonds is 4. The number of phenolic OH excluding ortho intramolecular Hbond substituents is 1. The van der Waals surface area contributed by atoms with Crippen molar-refractivity contribution in [1.29, 1.82) is 0 Å². The molecule has 0 bridgehead atoms. The van der Waals surface area contributed by atoms with Gasteiger partial charge in [-0.1, -0.05) is 53.8 Å². The van der Waals surface area contributed by atoms with Crippen molar-refractivity contribution < 1.29 is 9.90 Å². The Bertz CT molecular complexity index is 1090. The molecule has 0 spiro atoms. The summed E-state index contributed by atoms with van der Waals surface area (Å²) in [6.45, 7) is 0. The van der Waals surface area contributed by atoms with Crippen LogP contribution in [-0.2, 0) is 0 Å². The SMILES string of the molecule is N[C@H](c1ccccc1)c1ccc(C(=O)Nc2nc3ccc(O)cc3s2)cc1. The summed E-state index contributed by atoms with van der Waals surface area (Å²) < 4.78 is 0.814. The first-order valence-corrected chi connectivity index (χ1v) is 9.23. The number of nitrogens with one attached hydrogen (secondary N) is 1. The van der Waals surface area contributed by atoms with Crippen LogP contribution in [0, 0.1) is 0 Å². The molecule has 1 amide bonds. The third kappa shape index (κ3) is 3.67. The number of aromatic nitrogens is 1. The highest BCUT2D eigenvalue weighted by Crippen LogP contribution is 2.29. The number of carbonyl (C=O) groups is 1. The molecule has 27 heavy (non-hydrogen) atoms. The number of phenols is 1. The van der Waals surface area contributed by atoms with Gasteiger partial charge in [-0.15, -0.1) is 0 Å². The van der Waals surface area contributed by atoms with Gasteiger partial charge in [0.2, 0.25) is 0 Å². The van der Waals surface area contributed by atoms with Gasteiger partial charge in [-0.05, 0) is 41.5 Å². The number of thiazole rings is 1. The van der Waals surface area contributed by atoms with Crippen LogP contribution in [0.15, 0.2) is 72.8 Å². The highest BCUT2D eigenvalue weighted by Gasteiger charge is 2.12. The van der Waals surface area contributed by atoms with Crippen LogP contribution in [0.3, 0.4) is 0 Å². The number of benzene rings is 3. The molecule has 0 saturated heterocycles. The number of amides is 1. The van der Waals surface area contributed by atoms with Crippen LogP contribution in [-0.4, -0.2) is 16.0 Å².